The SMILES string of the molecule is COc1ccccc1-c1noc([C@@H](C)NC(=O)C(C)(C)C)n1. The number of methoxy groups -OCH3 is 1. The third-order valence-electron chi connectivity index (χ3n) is 3.19. The smallest absolute Gasteiger partial charge is 0.249 e. The number of amides is 1. The van der Waals surface area contributed by atoms with Gasteiger partial charge in [-0.15, -0.1) is 0 Å². The Morgan fingerprint density at radius 2 is 2.00 bits per heavy atom. The Morgan fingerprint density at radius 3 is 2.64 bits per heavy atom. The van der Waals surface area contributed by atoms with Crippen LogP contribution in [0.5, 0.6) is 5.75 Å². The zero-order valence-corrected chi connectivity index (χ0v) is 13.5. The molecule has 1 amide bonds. The van der Waals surface area contributed by atoms with Gasteiger partial charge >= 0.3 is 0 Å². The number of aromatic nitrogens is 2. The molecular weight excluding hydrogens is 282 g/mol. The minimum Gasteiger partial charge on any atom is -0.496 e. The minimum atomic E-state index is -0.472. The molecule has 0 spiro atoms. The lowest BCUT2D eigenvalue weighted by atomic mass is 9.95. The van der Waals surface area contributed by atoms with Crippen molar-refractivity contribution in [2.75, 3.05) is 7.11 Å². The molecule has 1 aromatic heterocycles. The van der Waals surface area contributed by atoms with Gasteiger partial charge < -0.3 is 14.6 Å². The maximum absolute atomic E-state index is 12.0. The van der Waals surface area contributed by atoms with E-state index >= 15 is 0 Å². The Hall–Kier alpha value is -2.37. The number of benzene rings is 1. The summed E-state index contributed by atoms with van der Waals surface area (Å²) in [5, 5.41) is 6.83. The molecule has 0 aliphatic rings. The number of hydrogen-bond donors (Lipinski definition) is 1. The molecule has 6 heteroatoms. The van der Waals surface area contributed by atoms with Crippen molar-refractivity contribution in [3.63, 3.8) is 0 Å². The maximum Gasteiger partial charge on any atom is 0.249 e. The minimum absolute atomic E-state index is 0.0722. The number of ether oxygens (including phenoxy) is 1. The molecule has 1 heterocycles. The second kappa shape index (κ2) is 6.17. The first-order valence-corrected chi connectivity index (χ1v) is 7.11. The molecule has 1 aromatic carbocycles. The second-order valence-corrected chi connectivity index (χ2v) is 6.10. The quantitative estimate of drug-likeness (QED) is 0.939. The number of nitrogens with zero attached hydrogens (tertiary/aromatic N) is 2. The van der Waals surface area contributed by atoms with E-state index in [-0.39, 0.29) is 11.9 Å². The van der Waals surface area contributed by atoms with Gasteiger partial charge in [0.2, 0.25) is 17.6 Å². The Bertz CT molecular complexity index is 659. The highest BCUT2D eigenvalue weighted by atomic mass is 16.5. The largest absolute Gasteiger partial charge is 0.496 e. The van der Waals surface area contributed by atoms with E-state index in [4.69, 9.17) is 9.26 Å². The van der Waals surface area contributed by atoms with Crippen molar-refractivity contribution in [2.24, 2.45) is 5.41 Å². The lowest BCUT2D eigenvalue weighted by Gasteiger charge is -2.19. The van der Waals surface area contributed by atoms with E-state index in [0.717, 1.165) is 5.56 Å². The molecule has 118 valence electrons. The zero-order chi connectivity index (χ0) is 16.3. The summed E-state index contributed by atoms with van der Waals surface area (Å²) in [6.45, 7) is 7.36. The van der Waals surface area contributed by atoms with Gasteiger partial charge in [0.1, 0.15) is 11.8 Å². The Balaban J connectivity index is 2.19. The molecule has 0 aliphatic heterocycles. The topological polar surface area (TPSA) is 77.3 Å². The van der Waals surface area contributed by atoms with Crippen molar-refractivity contribution in [2.45, 2.75) is 33.7 Å². The zero-order valence-electron chi connectivity index (χ0n) is 13.5. The van der Waals surface area contributed by atoms with E-state index in [2.05, 4.69) is 15.5 Å². The number of rotatable bonds is 4. The summed E-state index contributed by atoms with van der Waals surface area (Å²) in [5.41, 5.74) is 0.272. The summed E-state index contributed by atoms with van der Waals surface area (Å²) in [6.07, 6.45) is 0. The lowest BCUT2D eigenvalue weighted by Crippen LogP contribution is -2.36. The molecule has 0 bridgehead atoms. The fourth-order valence-corrected chi connectivity index (χ4v) is 1.82. The molecule has 0 radical (unpaired) electrons. The van der Waals surface area contributed by atoms with Crippen LogP contribution in [0.15, 0.2) is 28.8 Å². The fraction of sp³-hybridized carbons (Fsp3) is 0.438. The fourth-order valence-electron chi connectivity index (χ4n) is 1.82. The molecule has 1 atom stereocenters. The Kier molecular flexibility index (Phi) is 4.49. The highest BCUT2D eigenvalue weighted by Crippen LogP contribution is 2.28. The molecule has 6 nitrogen and oxygen atoms in total. The summed E-state index contributed by atoms with van der Waals surface area (Å²) in [4.78, 5) is 16.4. The molecule has 22 heavy (non-hydrogen) atoms. The molecule has 0 saturated carbocycles. The molecular formula is C16H21N3O3. The van der Waals surface area contributed by atoms with Crippen LogP contribution in [0.1, 0.15) is 39.6 Å². The van der Waals surface area contributed by atoms with E-state index in [1.54, 1.807) is 7.11 Å². The standard InChI is InChI=1S/C16H21N3O3/c1-10(17-15(20)16(2,3)4)14-18-13(19-22-14)11-8-6-7-9-12(11)21-5/h6-10H,1-5H3,(H,17,20)/t10-/m1/s1. The predicted molar refractivity (Wildman–Crippen MR) is 82.3 cm³/mol. The van der Waals surface area contributed by atoms with Gasteiger partial charge in [0.15, 0.2) is 0 Å². The number of para-hydroxylation sites is 1. The first kappa shape index (κ1) is 16.0. The van der Waals surface area contributed by atoms with Crippen LogP contribution in [-0.4, -0.2) is 23.2 Å². The van der Waals surface area contributed by atoms with Crippen molar-refractivity contribution < 1.29 is 14.1 Å². The Labute approximate surface area is 129 Å². The van der Waals surface area contributed by atoms with Crippen LogP contribution in [0.25, 0.3) is 11.4 Å². The van der Waals surface area contributed by atoms with Crippen LogP contribution in [0, 0.1) is 5.41 Å². The van der Waals surface area contributed by atoms with Gasteiger partial charge in [-0.25, -0.2) is 0 Å². The van der Waals surface area contributed by atoms with Gasteiger partial charge in [-0.1, -0.05) is 38.1 Å². The van der Waals surface area contributed by atoms with E-state index in [1.165, 1.54) is 0 Å². The van der Waals surface area contributed by atoms with Crippen LogP contribution in [0.2, 0.25) is 0 Å². The second-order valence-electron chi connectivity index (χ2n) is 6.10. The predicted octanol–water partition coefficient (Wildman–Crippen LogP) is 2.97. The molecule has 0 unspecified atom stereocenters. The van der Waals surface area contributed by atoms with Crippen molar-refractivity contribution in [1.82, 2.24) is 15.5 Å². The number of carbonyl (C=O) groups excluding carboxylic acids is 1. The number of nitrogens with one attached hydrogen (secondary N) is 1. The van der Waals surface area contributed by atoms with E-state index in [9.17, 15) is 4.79 Å². The molecule has 2 rings (SSSR count). The van der Waals surface area contributed by atoms with Gasteiger partial charge in [0, 0.05) is 5.41 Å². The third-order valence-corrected chi connectivity index (χ3v) is 3.19. The highest BCUT2D eigenvalue weighted by molar-refractivity contribution is 5.81. The monoisotopic (exact) mass is 303 g/mol. The normalized spacial score (nSPS) is 12.8. The molecule has 1 N–H and O–H groups in total. The van der Waals surface area contributed by atoms with E-state index in [1.807, 2.05) is 52.0 Å². The van der Waals surface area contributed by atoms with Crippen LogP contribution >= 0.6 is 0 Å². The molecule has 0 fully saturated rings. The summed E-state index contributed by atoms with van der Waals surface area (Å²) >= 11 is 0. The average molecular weight is 303 g/mol. The van der Waals surface area contributed by atoms with Crippen molar-refractivity contribution >= 4 is 5.91 Å². The molecule has 2 aromatic rings. The van der Waals surface area contributed by atoms with Gasteiger partial charge in [-0.3, -0.25) is 4.79 Å². The van der Waals surface area contributed by atoms with Crippen LogP contribution in [0.3, 0.4) is 0 Å². The van der Waals surface area contributed by atoms with Crippen molar-refractivity contribution in [1.29, 1.82) is 0 Å². The first-order chi connectivity index (χ1) is 10.3. The van der Waals surface area contributed by atoms with E-state index in [0.29, 0.717) is 17.5 Å². The van der Waals surface area contributed by atoms with Crippen molar-refractivity contribution in [3.05, 3.63) is 30.2 Å². The molecule has 0 saturated heterocycles. The molecule has 0 aliphatic carbocycles. The highest BCUT2D eigenvalue weighted by Gasteiger charge is 2.25. The first-order valence-electron chi connectivity index (χ1n) is 7.11. The van der Waals surface area contributed by atoms with Crippen molar-refractivity contribution in [3.8, 4) is 17.1 Å². The summed E-state index contributed by atoms with van der Waals surface area (Å²) < 4.78 is 10.5. The number of carbonyl (C=O) groups is 1. The van der Waals surface area contributed by atoms with Crippen LogP contribution in [0.4, 0.5) is 0 Å². The average Bonchev–Trinajstić information content (AvgIpc) is 2.95. The maximum atomic E-state index is 12.0. The van der Waals surface area contributed by atoms with Crippen LogP contribution in [-0.2, 0) is 4.79 Å². The van der Waals surface area contributed by atoms with Gasteiger partial charge in [0.05, 0.1) is 12.7 Å². The third kappa shape index (κ3) is 3.44. The number of hydrogen-bond acceptors (Lipinski definition) is 5. The van der Waals surface area contributed by atoms with E-state index < -0.39 is 5.41 Å². The van der Waals surface area contributed by atoms with Gasteiger partial charge in [-0.05, 0) is 19.1 Å². The lowest BCUT2D eigenvalue weighted by molar-refractivity contribution is -0.129. The van der Waals surface area contributed by atoms with Gasteiger partial charge in [-0.2, -0.15) is 4.98 Å². The summed E-state index contributed by atoms with van der Waals surface area (Å²) in [5.74, 6) is 1.39. The Morgan fingerprint density at radius 1 is 1.32 bits per heavy atom. The summed E-state index contributed by atoms with van der Waals surface area (Å²) in [7, 11) is 1.59. The van der Waals surface area contributed by atoms with Crippen LogP contribution < -0.4 is 10.1 Å². The summed E-state index contributed by atoms with van der Waals surface area (Å²) in [6, 6.07) is 7.07. The van der Waals surface area contributed by atoms with Gasteiger partial charge in [0.25, 0.3) is 0 Å².